The molecule has 3 N–H and O–H groups in total. The maximum absolute atomic E-state index is 10.3. The van der Waals surface area contributed by atoms with Crippen LogP contribution in [0.15, 0.2) is 0 Å². The van der Waals surface area contributed by atoms with Gasteiger partial charge in [0.25, 0.3) is 0 Å². The Morgan fingerprint density at radius 3 is 1.19 bits per heavy atom. The summed E-state index contributed by atoms with van der Waals surface area (Å²) in [5, 5.41) is 8.52. The van der Waals surface area contributed by atoms with Gasteiger partial charge in [-0.15, -0.1) is 0 Å². The van der Waals surface area contributed by atoms with Crippen LogP contribution in [0.5, 0.6) is 0 Å². The molecule has 5 nitrogen and oxygen atoms in total. The topological polar surface area (TPSA) is 94.8 Å². The molecule has 0 aromatic carbocycles. The average molecular weight is 419 g/mol. The Hall–Kier alpha value is 0.386. The number of aliphatic carboxylic acids is 1. The van der Waals surface area contributed by atoms with Crippen molar-refractivity contribution >= 4 is 55.6 Å². The Morgan fingerprint density at radius 1 is 0.731 bits per heavy atom. The number of unbranched alkanes of at least 4 members (excludes halogenated alkanes) is 14. The zero-order valence-corrected chi connectivity index (χ0v) is 18.6. The molecule has 0 aliphatic carbocycles. The van der Waals surface area contributed by atoms with Gasteiger partial charge in [0.1, 0.15) is 0 Å². The Morgan fingerprint density at radius 2 is 0.962 bits per heavy atom. The molecule has 0 rings (SSSR count). The van der Waals surface area contributed by atoms with Gasteiger partial charge in [-0.1, -0.05) is 96.8 Å². The van der Waals surface area contributed by atoms with E-state index in [4.69, 9.17) is 19.2 Å². The van der Waals surface area contributed by atoms with E-state index in [1.807, 2.05) is 0 Å². The van der Waals surface area contributed by atoms with E-state index in [9.17, 15) is 4.79 Å². The maximum Gasteiger partial charge on any atom is 2.00 e. The summed E-state index contributed by atoms with van der Waals surface area (Å²) in [5.41, 5.74) is 0. The summed E-state index contributed by atoms with van der Waals surface area (Å²) in [7, 11) is -3.13. The Balaban J connectivity index is -0.000000137. The molecule has 0 atom stereocenters. The standard InChI is InChI=1S/C18H36O2.Al.Mg.H2O3Si.5H/c1-2-3-4-5-6-7-8-9-10-11-12-13-14-15-16-17-18(19)20;;;1-4(2)3;;;;;/h2-17H2,1H3,(H,19,20);;;1-2H;;;;;/q;;+2;;;;;2*-1. The quantitative estimate of drug-likeness (QED) is 0.264. The molecule has 0 unspecified atom stereocenters. The van der Waals surface area contributed by atoms with Crippen molar-refractivity contribution in [1.82, 2.24) is 0 Å². The molecule has 0 radical (unpaired) electrons. The van der Waals surface area contributed by atoms with Gasteiger partial charge in [-0.25, -0.2) is 0 Å². The first-order valence-electron chi connectivity index (χ1n) is 9.64. The van der Waals surface area contributed by atoms with Crippen molar-refractivity contribution in [3.63, 3.8) is 0 Å². The molecule has 0 saturated carbocycles. The third-order valence-electron chi connectivity index (χ3n) is 3.99. The third kappa shape index (κ3) is 44.1. The molecule has 0 saturated heterocycles. The van der Waals surface area contributed by atoms with Crippen LogP contribution < -0.4 is 0 Å². The third-order valence-corrected chi connectivity index (χ3v) is 3.99. The average Bonchev–Trinajstić information content (AvgIpc) is 2.50. The van der Waals surface area contributed by atoms with E-state index < -0.39 is 15.1 Å². The summed E-state index contributed by atoms with van der Waals surface area (Å²) >= 11 is 0. The zero-order valence-electron chi connectivity index (χ0n) is 18.2. The van der Waals surface area contributed by atoms with Crippen LogP contribution in [0.4, 0.5) is 0 Å². The number of carbonyl (C=O) groups is 1. The number of hydrogen-bond acceptors (Lipinski definition) is 2. The summed E-state index contributed by atoms with van der Waals surface area (Å²) in [6.07, 6.45) is 20.2. The molecule has 0 spiro atoms. The van der Waals surface area contributed by atoms with Crippen molar-refractivity contribution in [3.05, 3.63) is 0 Å². The van der Waals surface area contributed by atoms with Gasteiger partial charge in [-0.2, -0.15) is 0 Å². The minimum atomic E-state index is -3.13. The molecule has 0 amide bonds. The fourth-order valence-electron chi connectivity index (χ4n) is 2.65. The van der Waals surface area contributed by atoms with Crippen molar-refractivity contribution < 1.29 is 26.8 Å². The second-order valence-corrected chi connectivity index (χ2v) is 6.94. The molecule has 0 bridgehead atoms. The monoisotopic (exact) mass is 418 g/mol. The SMILES string of the molecule is CCCCCCCCCCCCCCCCCC(=O)O.O=[Si](O)O.[AlH3].[H-].[H-].[Mg+2]. The van der Waals surface area contributed by atoms with Crippen LogP contribution in [0, 0.1) is 0 Å². The molecular weight excluding hydrogens is 376 g/mol. The largest absolute Gasteiger partial charge is 2.00 e. The smallest absolute Gasteiger partial charge is 1.00 e. The summed E-state index contributed by atoms with van der Waals surface area (Å²) in [6.45, 7) is 2.27. The van der Waals surface area contributed by atoms with Crippen molar-refractivity contribution in [2.75, 3.05) is 0 Å². The van der Waals surface area contributed by atoms with Gasteiger partial charge in [0.15, 0.2) is 17.4 Å². The van der Waals surface area contributed by atoms with Crippen LogP contribution in [0.25, 0.3) is 0 Å². The molecular formula is C18H43AlMgO5Si. The predicted molar refractivity (Wildman–Crippen MR) is 116 cm³/mol. The van der Waals surface area contributed by atoms with Crippen molar-refractivity contribution in [1.29, 1.82) is 0 Å². The molecule has 154 valence electrons. The first-order valence-corrected chi connectivity index (χ1v) is 10.9. The van der Waals surface area contributed by atoms with E-state index in [0.717, 1.165) is 12.8 Å². The molecule has 0 aliphatic rings. The fraction of sp³-hybridized carbons (Fsp3) is 0.944. The summed E-state index contributed by atoms with van der Waals surface area (Å²) in [5.74, 6) is -0.653. The van der Waals surface area contributed by atoms with E-state index in [-0.39, 0.29) is 43.3 Å². The van der Waals surface area contributed by atoms with Gasteiger partial charge in [-0.05, 0) is 6.42 Å². The minimum absolute atomic E-state index is 0. The summed E-state index contributed by atoms with van der Waals surface area (Å²) in [6, 6.07) is 0. The Kier molecular flexibility index (Phi) is 39.3. The van der Waals surface area contributed by atoms with E-state index in [1.165, 1.54) is 83.5 Å². The van der Waals surface area contributed by atoms with Gasteiger partial charge in [0.2, 0.25) is 0 Å². The number of rotatable bonds is 16. The van der Waals surface area contributed by atoms with Crippen LogP contribution in [-0.4, -0.2) is 70.3 Å². The Bertz CT molecular complexity index is 303. The van der Waals surface area contributed by atoms with Crippen LogP contribution in [0.2, 0.25) is 0 Å². The number of carboxylic acids is 1. The normalized spacial score (nSPS) is 9.27. The van der Waals surface area contributed by atoms with Crippen molar-refractivity contribution in [3.8, 4) is 0 Å². The van der Waals surface area contributed by atoms with Gasteiger partial charge in [0, 0.05) is 6.42 Å². The molecule has 26 heavy (non-hydrogen) atoms. The van der Waals surface area contributed by atoms with Crippen molar-refractivity contribution in [2.45, 2.75) is 110 Å². The van der Waals surface area contributed by atoms with Crippen LogP contribution in [0.1, 0.15) is 113 Å². The van der Waals surface area contributed by atoms with Crippen molar-refractivity contribution in [2.24, 2.45) is 0 Å². The molecule has 0 aliphatic heterocycles. The van der Waals surface area contributed by atoms with Crippen LogP contribution in [-0.2, 0) is 9.26 Å². The first kappa shape index (κ1) is 33.9. The number of carboxylic acid groups (broad SMARTS) is 1. The predicted octanol–water partition coefficient (Wildman–Crippen LogP) is 3.38. The second kappa shape index (κ2) is 30.1. The molecule has 0 aromatic heterocycles. The van der Waals surface area contributed by atoms with Gasteiger partial charge >= 0.3 is 38.2 Å². The first-order chi connectivity index (χ1) is 11.5. The van der Waals surface area contributed by atoms with Crippen LogP contribution >= 0.6 is 0 Å². The van der Waals surface area contributed by atoms with Gasteiger partial charge in [-0.3, -0.25) is 9.26 Å². The fourth-order valence-corrected chi connectivity index (χ4v) is 2.65. The minimum Gasteiger partial charge on any atom is -1.00 e. The Labute approximate surface area is 191 Å². The number of hydrogen-bond donors (Lipinski definition) is 3. The van der Waals surface area contributed by atoms with E-state index in [2.05, 4.69) is 6.92 Å². The zero-order chi connectivity index (χ0) is 18.5. The summed E-state index contributed by atoms with van der Waals surface area (Å²) < 4.78 is 8.74. The maximum atomic E-state index is 10.3. The van der Waals surface area contributed by atoms with E-state index in [1.54, 1.807) is 0 Å². The van der Waals surface area contributed by atoms with E-state index >= 15 is 0 Å². The molecule has 0 heterocycles. The summed E-state index contributed by atoms with van der Waals surface area (Å²) in [4.78, 5) is 24.6. The van der Waals surface area contributed by atoms with E-state index in [0.29, 0.717) is 6.42 Å². The molecule has 0 fully saturated rings. The van der Waals surface area contributed by atoms with Gasteiger partial charge in [0.05, 0.1) is 0 Å². The van der Waals surface area contributed by atoms with Crippen LogP contribution in [0.3, 0.4) is 0 Å². The van der Waals surface area contributed by atoms with Gasteiger partial charge < -0.3 is 17.6 Å². The second-order valence-electron chi connectivity index (χ2n) is 6.38. The molecule has 0 aromatic rings. The molecule has 8 heteroatoms.